The first-order valence-corrected chi connectivity index (χ1v) is 13.6. The Hall–Kier alpha value is -3.71. The number of anilines is 1. The van der Waals surface area contributed by atoms with Gasteiger partial charge in [-0.1, -0.05) is 0 Å². The molecule has 1 aromatic carbocycles. The van der Waals surface area contributed by atoms with Crippen molar-refractivity contribution < 1.29 is 27.1 Å². The molecule has 5 rings (SSSR count). The molecule has 38 heavy (non-hydrogen) atoms. The van der Waals surface area contributed by atoms with Gasteiger partial charge in [-0.25, -0.2) is 18.9 Å². The van der Waals surface area contributed by atoms with Crippen molar-refractivity contribution in [2.24, 2.45) is 0 Å². The summed E-state index contributed by atoms with van der Waals surface area (Å²) in [4.78, 5) is 19.0. The Morgan fingerprint density at radius 2 is 2.05 bits per heavy atom. The summed E-state index contributed by atoms with van der Waals surface area (Å²) in [7, 11) is -2.77. The van der Waals surface area contributed by atoms with Gasteiger partial charge in [0, 0.05) is 55.6 Å². The van der Waals surface area contributed by atoms with Gasteiger partial charge in [0.05, 0.1) is 24.9 Å². The normalized spacial score (nSPS) is 15.9. The molecule has 202 valence electrons. The van der Waals surface area contributed by atoms with Crippen LogP contribution in [0.15, 0.2) is 47.8 Å². The van der Waals surface area contributed by atoms with Crippen molar-refractivity contribution in [2.45, 2.75) is 37.0 Å². The fraction of sp³-hybridized carbons (Fsp3) is 0.400. The number of carbonyl (C=O) groups is 1. The van der Waals surface area contributed by atoms with Crippen molar-refractivity contribution >= 4 is 21.7 Å². The molecule has 0 bridgehead atoms. The molecule has 3 aromatic rings. The highest BCUT2D eigenvalue weighted by Gasteiger charge is 2.34. The van der Waals surface area contributed by atoms with E-state index in [-0.39, 0.29) is 5.03 Å². The molecule has 2 aromatic heterocycles. The van der Waals surface area contributed by atoms with Crippen molar-refractivity contribution in [3.8, 4) is 22.8 Å². The number of rotatable bonds is 8. The number of benzene rings is 1. The number of methoxy groups -OCH3 is 1. The maximum Gasteiger partial charge on any atom is 0.333 e. The number of urea groups is 1. The summed E-state index contributed by atoms with van der Waals surface area (Å²) in [6.45, 7) is 5.42. The molecular formula is C25H29FN6O5S. The number of carbonyl (C=O) groups excluding carboxylic acids is 1. The van der Waals surface area contributed by atoms with Crippen LogP contribution in [-0.4, -0.2) is 73.6 Å². The minimum Gasteiger partial charge on any atom is -0.493 e. The van der Waals surface area contributed by atoms with Gasteiger partial charge in [0.15, 0.2) is 5.03 Å². The molecule has 1 fully saturated rings. The standard InChI is InChI=1S/C25H29FN6O5S/c1-25(2,15-31-13-17(26)14-31)32-10-7-22(29-32)38(34,35)30-24(33)28-23-18(4-5-20-19(23)8-11-37-20)16-6-9-27-21(12-16)36-3/h4-7,9-10,12,17H,8,11,13-15H2,1-3H3,(H2,28,30,33). The average molecular weight is 545 g/mol. The van der Waals surface area contributed by atoms with Crippen LogP contribution in [0.25, 0.3) is 11.1 Å². The van der Waals surface area contributed by atoms with Crippen LogP contribution in [0.2, 0.25) is 0 Å². The highest BCUT2D eigenvalue weighted by molar-refractivity contribution is 7.90. The predicted octanol–water partition coefficient (Wildman–Crippen LogP) is 2.79. The van der Waals surface area contributed by atoms with Crippen LogP contribution in [0.4, 0.5) is 14.9 Å². The van der Waals surface area contributed by atoms with Crippen molar-refractivity contribution in [1.29, 1.82) is 0 Å². The van der Waals surface area contributed by atoms with Crippen molar-refractivity contribution in [3.63, 3.8) is 0 Å². The summed E-state index contributed by atoms with van der Waals surface area (Å²) in [5, 5.41) is 6.62. The first kappa shape index (κ1) is 25.9. The van der Waals surface area contributed by atoms with E-state index in [1.807, 2.05) is 24.8 Å². The molecule has 4 heterocycles. The summed E-state index contributed by atoms with van der Waals surface area (Å²) in [5.74, 6) is 1.02. The zero-order valence-corrected chi connectivity index (χ0v) is 22.1. The number of hydrogen-bond acceptors (Lipinski definition) is 8. The number of nitrogens with one attached hydrogen (secondary N) is 2. The maximum atomic E-state index is 13.2. The number of sulfonamides is 1. The lowest BCUT2D eigenvalue weighted by Crippen LogP contribution is -2.54. The summed E-state index contributed by atoms with van der Waals surface area (Å²) in [6, 6.07) is 7.48. The minimum atomic E-state index is -4.28. The van der Waals surface area contributed by atoms with E-state index in [0.29, 0.717) is 55.5 Å². The predicted molar refractivity (Wildman–Crippen MR) is 138 cm³/mol. The Morgan fingerprint density at radius 3 is 2.79 bits per heavy atom. The van der Waals surface area contributed by atoms with Crippen LogP contribution in [-0.2, 0) is 22.0 Å². The SMILES string of the molecule is COc1cc(-c2ccc3c(c2NC(=O)NS(=O)(=O)c2ccn(C(C)(C)CN4CC(F)C4)n2)CCO3)ccn1. The smallest absolute Gasteiger partial charge is 0.333 e. The van der Waals surface area contributed by atoms with Crippen LogP contribution in [0.5, 0.6) is 11.6 Å². The number of ether oxygens (including phenoxy) is 2. The third-order valence-corrected chi connectivity index (χ3v) is 7.81. The monoisotopic (exact) mass is 544 g/mol. The van der Waals surface area contributed by atoms with Gasteiger partial charge in [-0.05, 0) is 43.7 Å². The largest absolute Gasteiger partial charge is 0.493 e. The number of aromatic nitrogens is 3. The molecule has 11 nitrogen and oxygen atoms in total. The fourth-order valence-corrected chi connectivity index (χ4v) is 5.54. The lowest BCUT2D eigenvalue weighted by molar-refractivity contribution is 0.0339. The first-order valence-electron chi connectivity index (χ1n) is 12.1. The van der Waals surface area contributed by atoms with Crippen LogP contribution < -0.4 is 19.5 Å². The molecule has 0 atom stereocenters. The average Bonchev–Trinajstić information content (AvgIpc) is 3.54. The van der Waals surface area contributed by atoms with Crippen LogP contribution >= 0.6 is 0 Å². The number of amides is 2. The van der Waals surface area contributed by atoms with Crippen molar-refractivity contribution in [3.05, 3.63) is 48.3 Å². The number of hydrogen-bond donors (Lipinski definition) is 2. The number of fused-ring (bicyclic) bond motifs is 1. The topological polar surface area (TPSA) is 128 Å². The van der Waals surface area contributed by atoms with E-state index in [2.05, 4.69) is 20.1 Å². The van der Waals surface area contributed by atoms with Gasteiger partial charge in [-0.3, -0.25) is 9.58 Å². The van der Waals surface area contributed by atoms with Gasteiger partial charge < -0.3 is 14.8 Å². The summed E-state index contributed by atoms with van der Waals surface area (Å²) in [5.41, 5.74) is 2.01. The van der Waals surface area contributed by atoms with Gasteiger partial charge in [0.25, 0.3) is 10.0 Å². The zero-order valence-electron chi connectivity index (χ0n) is 21.3. The number of likely N-dealkylation sites (tertiary alicyclic amines) is 1. The minimum absolute atomic E-state index is 0.298. The Balaban J connectivity index is 1.35. The lowest BCUT2D eigenvalue weighted by Gasteiger charge is -2.40. The highest BCUT2D eigenvalue weighted by Crippen LogP contribution is 2.40. The molecule has 1 saturated heterocycles. The number of alkyl halides is 1. The summed E-state index contributed by atoms with van der Waals surface area (Å²) >= 11 is 0. The van der Waals surface area contributed by atoms with Crippen LogP contribution in [0.3, 0.4) is 0 Å². The Labute approximate surface area is 220 Å². The molecule has 2 N–H and O–H groups in total. The van der Waals surface area contributed by atoms with E-state index in [9.17, 15) is 17.6 Å². The van der Waals surface area contributed by atoms with E-state index >= 15 is 0 Å². The first-order chi connectivity index (χ1) is 18.1. The summed E-state index contributed by atoms with van der Waals surface area (Å²) in [6.07, 6.45) is 2.84. The maximum absolute atomic E-state index is 13.2. The Morgan fingerprint density at radius 1 is 1.26 bits per heavy atom. The molecule has 2 aliphatic heterocycles. The second-order valence-electron chi connectivity index (χ2n) is 9.91. The van der Waals surface area contributed by atoms with Crippen molar-refractivity contribution in [2.75, 3.05) is 38.7 Å². The summed E-state index contributed by atoms with van der Waals surface area (Å²) < 4.78 is 53.7. The van der Waals surface area contributed by atoms with Crippen LogP contribution in [0, 0.1) is 0 Å². The van der Waals surface area contributed by atoms with E-state index < -0.39 is 27.8 Å². The molecule has 0 spiro atoms. The van der Waals surface area contributed by atoms with Crippen molar-refractivity contribution in [1.82, 2.24) is 24.4 Å². The van der Waals surface area contributed by atoms with Gasteiger partial charge in [0.2, 0.25) is 5.88 Å². The highest BCUT2D eigenvalue weighted by atomic mass is 32.2. The van der Waals surface area contributed by atoms with Gasteiger partial charge in [0.1, 0.15) is 11.9 Å². The molecule has 2 amide bonds. The van der Waals surface area contributed by atoms with E-state index in [4.69, 9.17) is 9.47 Å². The number of halogens is 1. The van der Waals surface area contributed by atoms with Crippen LogP contribution in [0.1, 0.15) is 19.4 Å². The molecule has 0 unspecified atom stereocenters. The lowest BCUT2D eigenvalue weighted by atomic mass is 9.99. The third-order valence-electron chi connectivity index (χ3n) is 6.58. The second-order valence-corrected chi connectivity index (χ2v) is 11.5. The van der Waals surface area contributed by atoms with Gasteiger partial charge in [-0.2, -0.15) is 13.5 Å². The van der Waals surface area contributed by atoms with Gasteiger partial charge >= 0.3 is 6.03 Å². The molecule has 0 aliphatic carbocycles. The van der Waals surface area contributed by atoms with E-state index in [1.165, 1.54) is 24.1 Å². The zero-order chi connectivity index (χ0) is 27.1. The fourth-order valence-electron chi connectivity index (χ4n) is 4.70. The quantitative estimate of drug-likeness (QED) is 0.443. The third kappa shape index (κ3) is 5.16. The van der Waals surface area contributed by atoms with E-state index in [0.717, 1.165) is 11.1 Å². The van der Waals surface area contributed by atoms with E-state index in [1.54, 1.807) is 24.4 Å². The molecule has 0 saturated carbocycles. The molecule has 2 aliphatic rings. The number of nitrogens with zero attached hydrogens (tertiary/aromatic N) is 4. The molecule has 0 radical (unpaired) electrons. The Kier molecular flexibility index (Phi) is 6.73. The second kappa shape index (κ2) is 9.87. The molecular weight excluding hydrogens is 515 g/mol. The number of pyridine rings is 1. The van der Waals surface area contributed by atoms with Gasteiger partial charge in [-0.15, -0.1) is 0 Å². The molecule has 13 heteroatoms. The Bertz CT molecular complexity index is 1470.